The first kappa shape index (κ1) is 14.9. The molecule has 0 aliphatic carbocycles. The number of rotatable bonds is 6. The van der Waals surface area contributed by atoms with E-state index in [1.165, 1.54) is 6.07 Å². The normalized spacial score (nSPS) is 13.6. The van der Waals surface area contributed by atoms with E-state index in [1.807, 2.05) is 13.8 Å². The van der Waals surface area contributed by atoms with E-state index in [2.05, 4.69) is 5.32 Å². The fourth-order valence-corrected chi connectivity index (χ4v) is 2.43. The van der Waals surface area contributed by atoms with Crippen LogP contribution in [0.1, 0.15) is 20.3 Å². The summed E-state index contributed by atoms with van der Waals surface area (Å²) in [6.45, 7) is 4.33. The van der Waals surface area contributed by atoms with E-state index in [0.29, 0.717) is 24.6 Å². The fraction of sp³-hybridized carbons (Fsp3) is 0.500. The fourth-order valence-electron chi connectivity index (χ4n) is 1.72. The van der Waals surface area contributed by atoms with Gasteiger partial charge in [0.1, 0.15) is 4.90 Å². The minimum Gasteiger partial charge on any atom is -0.391 e. The molecule has 0 amide bonds. The van der Waals surface area contributed by atoms with Gasteiger partial charge in [0.2, 0.25) is 10.0 Å². The summed E-state index contributed by atoms with van der Waals surface area (Å²) in [4.78, 5) is 0.0433. The Labute approximate surface area is 108 Å². The van der Waals surface area contributed by atoms with Crippen molar-refractivity contribution in [2.75, 3.05) is 11.9 Å². The minimum absolute atomic E-state index is 0.0433. The molecule has 1 aromatic carbocycles. The molecule has 6 heteroatoms. The van der Waals surface area contributed by atoms with E-state index in [1.54, 1.807) is 18.2 Å². The molecule has 0 aliphatic heterocycles. The van der Waals surface area contributed by atoms with Crippen LogP contribution >= 0.6 is 0 Å². The monoisotopic (exact) mass is 272 g/mol. The van der Waals surface area contributed by atoms with Crippen LogP contribution in [0.15, 0.2) is 29.2 Å². The molecular formula is C12H20N2O3S. The van der Waals surface area contributed by atoms with Gasteiger partial charge in [-0.25, -0.2) is 13.6 Å². The molecule has 1 aromatic rings. The van der Waals surface area contributed by atoms with Crippen molar-refractivity contribution in [3.8, 4) is 0 Å². The molecule has 0 radical (unpaired) electrons. The standard InChI is InChI=1S/C12H20N2O3S/c1-9(2)7-10(15)8-14-11-5-3-4-6-12(11)18(13,16)17/h3-6,9-10,14-15H,7-8H2,1-2H3,(H2,13,16,17). The number of para-hydroxylation sites is 1. The second-order valence-corrected chi connectivity index (χ2v) is 6.24. The highest BCUT2D eigenvalue weighted by molar-refractivity contribution is 7.89. The quantitative estimate of drug-likeness (QED) is 0.724. The van der Waals surface area contributed by atoms with Gasteiger partial charge in [0.05, 0.1) is 11.8 Å². The smallest absolute Gasteiger partial charge is 0.240 e. The molecular weight excluding hydrogens is 252 g/mol. The van der Waals surface area contributed by atoms with E-state index in [4.69, 9.17) is 5.14 Å². The van der Waals surface area contributed by atoms with Gasteiger partial charge in [-0.05, 0) is 24.5 Å². The zero-order valence-corrected chi connectivity index (χ0v) is 11.4. The summed E-state index contributed by atoms with van der Waals surface area (Å²) < 4.78 is 22.7. The molecule has 4 N–H and O–H groups in total. The molecule has 18 heavy (non-hydrogen) atoms. The predicted octanol–water partition coefficient (Wildman–Crippen LogP) is 1.15. The Morgan fingerprint density at radius 1 is 1.33 bits per heavy atom. The number of primary sulfonamides is 1. The number of aliphatic hydroxyl groups is 1. The first-order valence-corrected chi connectivity index (χ1v) is 7.39. The molecule has 0 spiro atoms. The lowest BCUT2D eigenvalue weighted by atomic mass is 10.1. The summed E-state index contributed by atoms with van der Waals surface area (Å²) in [5.41, 5.74) is 0.419. The third-order valence-electron chi connectivity index (χ3n) is 2.47. The van der Waals surface area contributed by atoms with Crippen LogP contribution in [0.4, 0.5) is 5.69 Å². The van der Waals surface area contributed by atoms with Crippen LogP contribution in [0, 0.1) is 5.92 Å². The molecule has 1 rings (SSSR count). The Balaban J connectivity index is 2.74. The SMILES string of the molecule is CC(C)CC(O)CNc1ccccc1S(N)(=O)=O. The summed E-state index contributed by atoms with van der Waals surface area (Å²) in [6.07, 6.45) is 0.142. The van der Waals surface area contributed by atoms with Gasteiger partial charge in [-0.2, -0.15) is 0 Å². The maximum atomic E-state index is 11.4. The Kier molecular flexibility index (Phi) is 5.13. The first-order chi connectivity index (χ1) is 8.30. The highest BCUT2D eigenvalue weighted by Crippen LogP contribution is 2.19. The van der Waals surface area contributed by atoms with E-state index < -0.39 is 16.1 Å². The summed E-state index contributed by atoms with van der Waals surface area (Å²) in [6, 6.07) is 6.38. The van der Waals surface area contributed by atoms with Crippen LogP contribution in [-0.2, 0) is 10.0 Å². The lowest BCUT2D eigenvalue weighted by Crippen LogP contribution is -2.23. The van der Waals surface area contributed by atoms with E-state index in [0.717, 1.165) is 0 Å². The number of hydrogen-bond donors (Lipinski definition) is 3. The van der Waals surface area contributed by atoms with Crippen LogP contribution in [0.25, 0.3) is 0 Å². The number of nitrogens with two attached hydrogens (primary N) is 1. The Hall–Kier alpha value is -1.11. The van der Waals surface area contributed by atoms with Gasteiger partial charge in [0.25, 0.3) is 0 Å². The Morgan fingerprint density at radius 2 is 1.94 bits per heavy atom. The van der Waals surface area contributed by atoms with Gasteiger partial charge >= 0.3 is 0 Å². The molecule has 0 fully saturated rings. The van der Waals surface area contributed by atoms with Crippen molar-refractivity contribution in [2.24, 2.45) is 11.1 Å². The topological polar surface area (TPSA) is 92.4 Å². The van der Waals surface area contributed by atoms with Gasteiger partial charge in [-0.15, -0.1) is 0 Å². The Bertz CT molecular complexity index is 486. The highest BCUT2D eigenvalue weighted by atomic mass is 32.2. The van der Waals surface area contributed by atoms with Crippen LogP contribution in [0.5, 0.6) is 0 Å². The van der Waals surface area contributed by atoms with E-state index in [-0.39, 0.29) is 4.90 Å². The van der Waals surface area contributed by atoms with Gasteiger partial charge in [-0.1, -0.05) is 26.0 Å². The summed E-state index contributed by atoms with van der Waals surface area (Å²) >= 11 is 0. The number of sulfonamides is 1. The highest BCUT2D eigenvalue weighted by Gasteiger charge is 2.14. The molecule has 102 valence electrons. The lowest BCUT2D eigenvalue weighted by molar-refractivity contribution is 0.161. The zero-order chi connectivity index (χ0) is 13.8. The van der Waals surface area contributed by atoms with Crippen molar-refractivity contribution in [3.63, 3.8) is 0 Å². The lowest BCUT2D eigenvalue weighted by Gasteiger charge is -2.16. The van der Waals surface area contributed by atoms with Gasteiger partial charge in [0.15, 0.2) is 0 Å². The molecule has 0 saturated carbocycles. The van der Waals surface area contributed by atoms with Gasteiger partial charge < -0.3 is 10.4 Å². The zero-order valence-electron chi connectivity index (χ0n) is 10.6. The van der Waals surface area contributed by atoms with Crippen LogP contribution in [0.2, 0.25) is 0 Å². The van der Waals surface area contributed by atoms with Gasteiger partial charge in [0, 0.05) is 6.54 Å². The number of aliphatic hydroxyl groups excluding tert-OH is 1. The summed E-state index contributed by atoms with van der Waals surface area (Å²) in [7, 11) is -3.75. The number of nitrogens with one attached hydrogen (secondary N) is 1. The number of anilines is 1. The molecule has 0 heterocycles. The third-order valence-corrected chi connectivity index (χ3v) is 3.43. The van der Waals surface area contributed by atoms with Crippen molar-refractivity contribution in [3.05, 3.63) is 24.3 Å². The number of benzene rings is 1. The van der Waals surface area contributed by atoms with Crippen molar-refractivity contribution >= 4 is 15.7 Å². The average molecular weight is 272 g/mol. The molecule has 1 atom stereocenters. The van der Waals surface area contributed by atoms with Crippen molar-refractivity contribution in [1.29, 1.82) is 0 Å². The average Bonchev–Trinajstić information content (AvgIpc) is 2.24. The van der Waals surface area contributed by atoms with E-state index >= 15 is 0 Å². The molecule has 0 saturated heterocycles. The number of hydrogen-bond acceptors (Lipinski definition) is 4. The second-order valence-electron chi connectivity index (χ2n) is 4.71. The largest absolute Gasteiger partial charge is 0.391 e. The first-order valence-electron chi connectivity index (χ1n) is 5.84. The predicted molar refractivity (Wildman–Crippen MR) is 71.8 cm³/mol. The molecule has 1 unspecified atom stereocenters. The van der Waals surface area contributed by atoms with E-state index in [9.17, 15) is 13.5 Å². The van der Waals surface area contributed by atoms with Crippen LogP contribution < -0.4 is 10.5 Å². The van der Waals surface area contributed by atoms with Crippen molar-refractivity contribution in [2.45, 2.75) is 31.3 Å². The Morgan fingerprint density at radius 3 is 2.50 bits per heavy atom. The van der Waals surface area contributed by atoms with Crippen molar-refractivity contribution in [1.82, 2.24) is 0 Å². The van der Waals surface area contributed by atoms with Gasteiger partial charge in [-0.3, -0.25) is 0 Å². The minimum atomic E-state index is -3.75. The third kappa shape index (κ3) is 4.64. The molecule has 0 aliphatic rings. The molecule has 5 nitrogen and oxygen atoms in total. The molecule has 0 bridgehead atoms. The maximum Gasteiger partial charge on any atom is 0.240 e. The molecule has 0 aromatic heterocycles. The second kappa shape index (κ2) is 6.17. The van der Waals surface area contributed by atoms with Crippen LogP contribution in [-0.4, -0.2) is 26.2 Å². The summed E-state index contributed by atoms with van der Waals surface area (Å²) in [5.74, 6) is 0.385. The van der Waals surface area contributed by atoms with Crippen molar-refractivity contribution < 1.29 is 13.5 Å². The maximum absolute atomic E-state index is 11.4. The summed E-state index contributed by atoms with van der Waals surface area (Å²) in [5, 5.41) is 17.8. The van der Waals surface area contributed by atoms with Crippen LogP contribution in [0.3, 0.4) is 0 Å².